The van der Waals surface area contributed by atoms with Crippen molar-refractivity contribution in [3.05, 3.63) is 41.4 Å². The van der Waals surface area contributed by atoms with Gasteiger partial charge in [-0.25, -0.2) is 9.78 Å². The molecule has 2 amide bonds. The number of carbonyl (C=O) groups is 1. The standard InChI is InChI=1S/C12H11F2N3O2S/c13-10(14)19-9-3-1-8(2-4-9)7-16-11(18)17-12-15-5-6-20-12/h1-6,10H,7H2,(H2,15,16,17,18). The third-order valence-corrected chi connectivity index (χ3v) is 2.94. The maximum atomic E-state index is 12.0. The molecule has 1 heterocycles. The minimum Gasteiger partial charge on any atom is -0.435 e. The van der Waals surface area contributed by atoms with Crippen molar-refractivity contribution in [2.75, 3.05) is 5.32 Å². The fourth-order valence-electron chi connectivity index (χ4n) is 1.40. The van der Waals surface area contributed by atoms with Crippen LogP contribution in [0.25, 0.3) is 0 Å². The van der Waals surface area contributed by atoms with Crippen molar-refractivity contribution in [3.63, 3.8) is 0 Å². The number of alkyl halides is 2. The summed E-state index contributed by atoms with van der Waals surface area (Å²) in [7, 11) is 0. The number of nitrogens with one attached hydrogen (secondary N) is 2. The van der Waals surface area contributed by atoms with Crippen molar-refractivity contribution in [2.45, 2.75) is 13.2 Å². The summed E-state index contributed by atoms with van der Waals surface area (Å²) in [6.07, 6.45) is 1.59. The minimum atomic E-state index is -2.84. The van der Waals surface area contributed by atoms with Gasteiger partial charge in [0.25, 0.3) is 0 Å². The van der Waals surface area contributed by atoms with Gasteiger partial charge in [-0.1, -0.05) is 12.1 Å². The second-order valence-electron chi connectivity index (χ2n) is 3.67. The number of aromatic nitrogens is 1. The first-order valence-corrected chi connectivity index (χ1v) is 6.49. The highest BCUT2D eigenvalue weighted by molar-refractivity contribution is 7.13. The fraction of sp³-hybridized carbons (Fsp3) is 0.167. The average molecular weight is 299 g/mol. The summed E-state index contributed by atoms with van der Waals surface area (Å²) in [6.45, 7) is -2.57. The first-order chi connectivity index (χ1) is 9.63. The molecule has 0 atom stereocenters. The van der Waals surface area contributed by atoms with E-state index in [9.17, 15) is 13.6 Å². The number of thiazole rings is 1. The highest BCUT2D eigenvalue weighted by atomic mass is 32.1. The molecule has 20 heavy (non-hydrogen) atoms. The Morgan fingerprint density at radius 3 is 2.70 bits per heavy atom. The third kappa shape index (κ3) is 4.47. The zero-order chi connectivity index (χ0) is 14.4. The van der Waals surface area contributed by atoms with E-state index in [4.69, 9.17) is 0 Å². The number of amides is 2. The van der Waals surface area contributed by atoms with Crippen molar-refractivity contribution < 1.29 is 18.3 Å². The summed E-state index contributed by atoms with van der Waals surface area (Å²) in [6, 6.07) is 5.65. The largest absolute Gasteiger partial charge is 0.435 e. The lowest BCUT2D eigenvalue weighted by Gasteiger charge is -2.07. The van der Waals surface area contributed by atoms with Gasteiger partial charge in [-0.2, -0.15) is 8.78 Å². The van der Waals surface area contributed by atoms with E-state index in [-0.39, 0.29) is 18.3 Å². The number of urea groups is 1. The normalized spacial score (nSPS) is 10.3. The topological polar surface area (TPSA) is 63.2 Å². The van der Waals surface area contributed by atoms with Crippen LogP contribution in [0.5, 0.6) is 5.75 Å². The molecule has 0 unspecified atom stereocenters. The Balaban J connectivity index is 1.80. The molecule has 0 saturated heterocycles. The van der Waals surface area contributed by atoms with Crippen LogP contribution in [0.4, 0.5) is 18.7 Å². The van der Waals surface area contributed by atoms with Gasteiger partial charge in [0.15, 0.2) is 5.13 Å². The van der Waals surface area contributed by atoms with E-state index >= 15 is 0 Å². The number of benzene rings is 1. The Bertz CT molecular complexity index is 546. The Labute approximate surface area is 117 Å². The average Bonchev–Trinajstić information content (AvgIpc) is 2.90. The molecule has 0 aliphatic rings. The lowest BCUT2D eigenvalue weighted by Crippen LogP contribution is -2.28. The van der Waals surface area contributed by atoms with Crippen molar-refractivity contribution in [3.8, 4) is 5.75 Å². The SMILES string of the molecule is O=C(NCc1ccc(OC(F)F)cc1)Nc1nccs1. The number of hydrogen-bond acceptors (Lipinski definition) is 4. The predicted octanol–water partition coefficient (Wildman–Crippen LogP) is 3.07. The first kappa shape index (κ1) is 14.2. The van der Waals surface area contributed by atoms with Crippen LogP contribution in [0.3, 0.4) is 0 Å². The summed E-state index contributed by atoms with van der Waals surface area (Å²) in [5, 5.41) is 7.44. The van der Waals surface area contributed by atoms with Gasteiger partial charge >= 0.3 is 12.6 Å². The molecule has 0 fully saturated rings. The van der Waals surface area contributed by atoms with Crippen molar-refractivity contribution in [1.82, 2.24) is 10.3 Å². The predicted molar refractivity (Wildman–Crippen MR) is 71.0 cm³/mol. The molecule has 5 nitrogen and oxygen atoms in total. The van der Waals surface area contributed by atoms with Crippen LogP contribution in [0.15, 0.2) is 35.8 Å². The molecular weight excluding hydrogens is 288 g/mol. The van der Waals surface area contributed by atoms with E-state index in [2.05, 4.69) is 20.4 Å². The second kappa shape index (κ2) is 6.80. The van der Waals surface area contributed by atoms with Gasteiger partial charge in [-0.15, -0.1) is 11.3 Å². The van der Waals surface area contributed by atoms with Crippen LogP contribution >= 0.6 is 11.3 Å². The fourth-order valence-corrected chi connectivity index (χ4v) is 1.92. The van der Waals surface area contributed by atoms with Crippen LogP contribution < -0.4 is 15.4 Å². The molecule has 0 bridgehead atoms. The van der Waals surface area contributed by atoms with E-state index < -0.39 is 6.61 Å². The minimum absolute atomic E-state index is 0.0796. The van der Waals surface area contributed by atoms with Gasteiger partial charge in [0.1, 0.15) is 5.75 Å². The van der Waals surface area contributed by atoms with Crippen molar-refractivity contribution in [1.29, 1.82) is 0 Å². The monoisotopic (exact) mass is 299 g/mol. The van der Waals surface area contributed by atoms with Gasteiger partial charge in [0.2, 0.25) is 0 Å². The number of halogens is 2. The van der Waals surface area contributed by atoms with Gasteiger partial charge in [-0.3, -0.25) is 5.32 Å². The number of hydrogen-bond donors (Lipinski definition) is 2. The molecule has 1 aromatic carbocycles. The number of rotatable bonds is 5. The van der Waals surface area contributed by atoms with Crippen LogP contribution in [-0.4, -0.2) is 17.6 Å². The number of carbonyl (C=O) groups excluding carboxylic acids is 1. The quantitative estimate of drug-likeness (QED) is 0.892. The molecule has 2 rings (SSSR count). The molecule has 2 N–H and O–H groups in total. The molecule has 0 saturated carbocycles. The third-order valence-electron chi connectivity index (χ3n) is 2.25. The Morgan fingerprint density at radius 2 is 2.10 bits per heavy atom. The molecule has 8 heteroatoms. The molecule has 0 spiro atoms. The van der Waals surface area contributed by atoms with Crippen LogP contribution in [0, 0.1) is 0 Å². The van der Waals surface area contributed by atoms with E-state index in [1.165, 1.54) is 23.5 Å². The van der Waals surface area contributed by atoms with E-state index in [1.807, 2.05) is 0 Å². The first-order valence-electron chi connectivity index (χ1n) is 5.61. The van der Waals surface area contributed by atoms with Crippen molar-refractivity contribution >= 4 is 22.5 Å². The highest BCUT2D eigenvalue weighted by Gasteiger charge is 2.05. The van der Waals surface area contributed by atoms with Gasteiger partial charge in [0.05, 0.1) is 0 Å². The highest BCUT2D eigenvalue weighted by Crippen LogP contribution is 2.15. The lowest BCUT2D eigenvalue weighted by atomic mass is 10.2. The van der Waals surface area contributed by atoms with Gasteiger partial charge in [-0.05, 0) is 17.7 Å². The maximum absolute atomic E-state index is 12.0. The number of anilines is 1. The smallest absolute Gasteiger partial charge is 0.387 e. The van der Waals surface area contributed by atoms with E-state index in [0.29, 0.717) is 5.13 Å². The molecular formula is C12H11F2N3O2S. The van der Waals surface area contributed by atoms with Crippen molar-refractivity contribution in [2.24, 2.45) is 0 Å². The van der Waals surface area contributed by atoms with Crippen LogP contribution in [0.1, 0.15) is 5.56 Å². The summed E-state index contributed by atoms with van der Waals surface area (Å²) >= 11 is 1.31. The Morgan fingerprint density at radius 1 is 1.35 bits per heavy atom. The van der Waals surface area contributed by atoms with Crippen LogP contribution in [-0.2, 0) is 6.54 Å². The zero-order valence-electron chi connectivity index (χ0n) is 10.2. The summed E-state index contributed by atoms with van der Waals surface area (Å²) < 4.78 is 28.2. The van der Waals surface area contributed by atoms with Gasteiger partial charge < -0.3 is 10.1 Å². The molecule has 2 aromatic rings. The molecule has 106 valence electrons. The number of nitrogens with zero attached hydrogens (tertiary/aromatic N) is 1. The zero-order valence-corrected chi connectivity index (χ0v) is 11.0. The molecule has 0 aliphatic carbocycles. The maximum Gasteiger partial charge on any atom is 0.387 e. The van der Waals surface area contributed by atoms with Gasteiger partial charge in [0, 0.05) is 18.1 Å². The van der Waals surface area contributed by atoms with Crippen LogP contribution in [0.2, 0.25) is 0 Å². The summed E-state index contributed by atoms with van der Waals surface area (Å²) in [5.41, 5.74) is 0.765. The summed E-state index contributed by atoms with van der Waals surface area (Å²) in [4.78, 5) is 15.4. The lowest BCUT2D eigenvalue weighted by molar-refractivity contribution is -0.0498. The molecule has 0 aliphatic heterocycles. The van der Waals surface area contributed by atoms with E-state index in [1.54, 1.807) is 23.7 Å². The Kier molecular flexibility index (Phi) is 4.83. The Hall–Kier alpha value is -2.22. The molecule has 1 aromatic heterocycles. The number of ether oxygens (including phenoxy) is 1. The second-order valence-corrected chi connectivity index (χ2v) is 4.56. The van der Waals surface area contributed by atoms with E-state index in [0.717, 1.165) is 5.56 Å². The molecule has 0 radical (unpaired) electrons. The summed E-state index contributed by atoms with van der Waals surface area (Å²) in [5.74, 6) is 0.0796.